The van der Waals surface area contributed by atoms with Crippen molar-refractivity contribution in [3.05, 3.63) is 30.3 Å². The molecule has 6 heteroatoms. The van der Waals surface area contributed by atoms with Crippen LogP contribution in [0.1, 0.15) is 6.42 Å². The largest absolute Gasteiger partial charge is 0.481 e. The molecule has 0 bridgehead atoms. The minimum atomic E-state index is -3.62. The monoisotopic (exact) mass is 228 g/mol. The van der Waals surface area contributed by atoms with E-state index in [1.54, 1.807) is 12.1 Å². The van der Waals surface area contributed by atoms with Crippen LogP contribution in [0.2, 0.25) is 0 Å². The normalized spacial score (nSPS) is 11.2. The van der Waals surface area contributed by atoms with Crippen LogP contribution in [0.15, 0.2) is 29.2 Å². The van der Waals surface area contributed by atoms with Gasteiger partial charge in [0, 0.05) is 12.6 Å². The molecule has 0 unspecified atom stereocenters. The second-order valence-corrected chi connectivity index (χ2v) is 4.50. The number of carboxylic acid groups (broad SMARTS) is 1. The molecule has 81 valence electrons. The number of benzene rings is 1. The van der Waals surface area contributed by atoms with Crippen molar-refractivity contribution in [1.29, 1.82) is 0 Å². The molecular formula is C9H10NO4S. The number of aliphatic carboxylic acids is 1. The molecule has 1 radical (unpaired) electrons. The summed E-state index contributed by atoms with van der Waals surface area (Å²) in [6, 6.07) is 8.64. The van der Waals surface area contributed by atoms with Gasteiger partial charge in [-0.15, -0.1) is 0 Å². The molecule has 0 heterocycles. The first kappa shape index (κ1) is 11.7. The standard InChI is InChI=1S/C9H10NO4S/c11-9(12)6-7-10-15(13,14)8-4-2-1-3-5-8/h1-4,10H,6-7H2,(H,11,12). The summed E-state index contributed by atoms with van der Waals surface area (Å²) in [6.07, 6.45) is -0.244. The Labute approximate surface area is 87.8 Å². The molecule has 0 saturated carbocycles. The van der Waals surface area contributed by atoms with Crippen LogP contribution in [0.25, 0.3) is 0 Å². The quantitative estimate of drug-likeness (QED) is 0.756. The van der Waals surface area contributed by atoms with Crippen molar-refractivity contribution >= 4 is 16.0 Å². The third-order valence-corrected chi connectivity index (χ3v) is 3.02. The fourth-order valence-corrected chi connectivity index (χ4v) is 1.92. The SMILES string of the molecule is O=C(O)CCNS(=O)(=O)c1[c]cccc1. The van der Waals surface area contributed by atoms with Crippen molar-refractivity contribution < 1.29 is 18.3 Å². The number of hydrogen-bond acceptors (Lipinski definition) is 3. The second-order valence-electron chi connectivity index (χ2n) is 2.77. The van der Waals surface area contributed by atoms with Crippen LogP contribution in [0.5, 0.6) is 0 Å². The van der Waals surface area contributed by atoms with Crippen LogP contribution in [-0.2, 0) is 14.8 Å². The van der Waals surface area contributed by atoms with E-state index >= 15 is 0 Å². The maximum atomic E-state index is 11.5. The predicted molar refractivity (Wildman–Crippen MR) is 52.7 cm³/mol. The molecule has 0 fully saturated rings. The number of nitrogens with one attached hydrogen (secondary N) is 1. The Bertz CT molecular complexity index is 427. The first-order valence-electron chi connectivity index (χ1n) is 4.20. The summed E-state index contributed by atoms with van der Waals surface area (Å²) >= 11 is 0. The van der Waals surface area contributed by atoms with Crippen molar-refractivity contribution in [3.8, 4) is 0 Å². The fraction of sp³-hybridized carbons (Fsp3) is 0.222. The van der Waals surface area contributed by atoms with Gasteiger partial charge >= 0.3 is 5.97 Å². The van der Waals surface area contributed by atoms with Crippen LogP contribution in [0.4, 0.5) is 0 Å². The summed E-state index contributed by atoms with van der Waals surface area (Å²) in [5.41, 5.74) is 0. The maximum absolute atomic E-state index is 11.5. The molecule has 1 rings (SSSR count). The predicted octanol–water partition coefficient (Wildman–Crippen LogP) is 0.240. The third-order valence-electron chi connectivity index (χ3n) is 1.60. The molecule has 0 aliphatic heterocycles. The first-order chi connectivity index (χ1) is 7.02. The Balaban J connectivity index is 2.65. The van der Waals surface area contributed by atoms with E-state index in [9.17, 15) is 13.2 Å². The number of sulfonamides is 1. The Morgan fingerprint density at radius 3 is 2.73 bits per heavy atom. The Morgan fingerprint density at radius 2 is 2.20 bits per heavy atom. The molecule has 5 nitrogen and oxygen atoms in total. The highest BCUT2D eigenvalue weighted by molar-refractivity contribution is 7.89. The van der Waals surface area contributed by atoms with E-state index in [0.717, 1.165) is 0 Å². The summed E-state index contributed by atoms with van der Waals surface area (Å²) in [5, 5.41) is 8.34. The topological polar surface area (TPSA) is 83.5 Å². The Morgan fingerprint density at radius 1 is 1.47 bits per heavy atom. The number of carboxylic acids is 1. The van der Waals surface area contributed by atoms with E-state index in [1.807, 2.05) is 0 Å². The lowest BCUT2D eigenvalue weighted by Crippen LogP contribution is -2.26. The average molecular weight is 228 g/mol. The highest BCUT2D eigenvalue weighted by Crippen LogP contribution is 2.05. The number of rotatable bonds is 5. The van der Waals surface area contributed by atoms with Gasteiger partial charge in [-0.25, -0.2) is 13.1 Å². The van der Waals surface area contributed by atoms with Gasteiger partial charge in [-0.05, 0) is 6.07 Å². The second kappa shape index (κ2) is 4.90. The van der Waals surface area contributed by atoms with Gasteiger partial charge < -0.3 is 5.11 Å². The summed E-state index contributed by atoms with van der Waals surface area (Å²) in [5.74, 6) is -1.05. The molecule has 1 aromatic carbocycles. The van der Waals surface area contributed by atoms with Gasteiger partial charge in [0.2, 0.25) is 10.0 Å². The molecular weight excluding hydrogens is 218 g/mol. The smallest absolute Gasteiger partial charge is 0.304 e. The summed E-state index contributed by atoms with van der Waals surface area (Å²) in [7, 11) is -3.62. The van der Waals surface area contributed by atoms with E-state index in [-0.39, 0.29) is 17.9 Å². The molecule has 0 amide bonds. The Hall–Kier alpha value is -1.40. The summed E-state index contributed by atoms with van der Waals surface area (Å²) < 4.78 is 25.1. The molecule has 0 aromatic heterocycles. The van der Waals surface area contributed by atoms with Gasteiger partial charge in [-0.1, -0.05) is 18.2 Å². The fourth-order valence-electron chi connectivity index (χ4n) is 0.914. The van der Waals surface area contributed by atoms with E-state index in [2.05, 4.69) is 10.8 Å². The van der Waals surface area contributed by atoms with Crippen molar-refractivity contribution in [2.24, 2.45) is 0 Å². The van der Waals surface area contributed by atoms with Crippen molar-refractivity contribution in [2.45, 2.75) is 11.3 Å². The lowest BCUT2D eigenvalue weighted by Gasteiger charge is -2.04. The molecule has 2 N–H and O–H groups in total. The lowest BCUT2D eigenvalue weighted by atomic mass is 10.4. The minimum absolute atomic E-state index is 0.00962. The van der Waals surface area contributed by atoms with Crippen molar-refractivity contribution in [1.82, 2.24) is 4.72 Å². The molecule has 0 aliphatic carbocycles. The van der Waals surface area contributed by atoms with E-state index in [4.69, 9.17) is 5.11 Å². The summed E-state index contributed by atoms with van der Waals surface area (Å²) in [4.78, 5) is 10.2. The van der Waals surface area contributed by atoms with Gasteiger partial charge in [0.1, 0.15) is 0 Å². The van der Waals surface area contributed by atoms with Gasteiger partial charge in [0.05, 0.1) is 11.3 Å². The lowest BCUT2D eigenvalue weighted by molar-refractivity contribution is -0.136. The van der Waals surface area contributed by atoms with Crippen molar-refractivity contribution in [2.75, 3.05) is 6.54 Å². The average Bonchev–Trinajstić information content (AvgIpc) is 2.18. The van der Waals surface area contributed by atoms with Gasteiger partial charge in [-0.2, -0.15) is 0 Å². The molecule has 0 aliphatic rings. The molecule has 0 saturated heterocycles. The summed E-state index contributed by atoms with van der Waals surface area (Å²) in [6.45, 7) is -0.125. The van der Waals surface area contributed by atoms with E-state index in [0.29, 0.717) is 0 Å². The van der Waals surface area contributed by atoms with E-state index < -0.39 is 16.0 Å². The van der Waals surface area contributed by atoms with E-state index in [1.165, 1.54) is 12.1 Å². The third kappa shape index (κ3) is 3.69. The van der Waals surface area contributed by atoms with Gasteiger partial charge in [0.15, 0.2) is 0 Å². The molecule has 0 spiro atoms. The minimum Gasteiger partial charge on any atom is -0.481 e. The zero-order valence-corrected chi connectivity index (χ0v) is 8.62. The van der Waals surface area contributed by atoms with Gasteiger partial charge in [-0.3, -0.25) is 4.79 Å². The van der Waals surface area contributed by atoms with Crippen LogP contribution < -0.4 is 4.72 Å². The number of carbonyl (C=O) groups is 1. The highest BCUT2D eigenvalue weighted by Gasteiger charge is 2.12. The van der Waals surface area contributed by atoms with Crippen LogP contribution in [-0.4, -0.2) is 26.0 Å². The van der Waals surface area contributed by atoms with Crippen LogP contribution in [0, 0.1) is 6.07 Å². The zero-order chi connectivity index (χ0) is 11.3. The van der Waals surface area contributed by atoms with Crippen LogP contribution in [0.3, 0.4) is 0 Å². The highest BCUT2D eigenvalue weighted by atomic mass is 32.2. The first-order valence-corrected chi connectivity index (χ1v) is 5.69. The van der Waals surface area contributed by atoms with Crippen molar-refractivity contribution in [3.63, 3.8) is 0 Å². The molecule has 1 aromatic rings. The van der Waals surface area contributed by atoms with Crippen LogP contribution >= 0.6 is 0 Å². The zero-order valence-electron chi connectivity index (χ0n) is 7.80. The Kier molecular flexibility index (Phi) is 3.81. The number of hydrogen-bond donors (Lipinski definition) is 2. The maximum Gasteiger partial charge on any atom is 0.304 e. The molecule has 0 atom stereocenters. The van der Waals surface area contributed by atoms with Gasteiger partial charge in [0.25, 0.3) is 0 Å². The molecule has 15 heavy (non-hydrogen) atoms.